The molecule has 2 heterocycles. The van der Waals surface area contributed by atoms with Crippen LogP contribution in [0.5, 0.6) is 0 Å². The molecular weight excluding hydrogens is 1700 g/mol. The lowest BCUT2D eigenvalue weighted by Gasteiger charge is -2.47. The highest BCUT2D eigenvalue weighted by molar-refractivity contribution is 7.51. The number of aliphatic hydroxyl groups is 4. The van der Waals surface area contributed by atoms with Gasteiger partial charge in [-0.3, -0.25) is 42.4 Å². The highest BCUT2D eigenvalue weighted by Crippen LogP contribution is 2.44. The molecule has 2 fully saturated rings. The number of phosphoric acid groups is 1. The summed E-state index contributed by atoms with van der Waals surface area (Å²) < 4.78 is 81.6. The molecular formula is C102H194N2O24P2. The van der Waals surface area contributed by atoms with Gasteiger partial charge < -0.3 is 78.9 Å². The lowest BCUT2D eigenvalue weighted by molar-refractivity contribution is -0.296. The van der Waals surface area contributed by atoms with E-state index in [2.05, 4.69) is 52.2 Å². The van der Waals surface area contributed by atoms with E-state index in [1.165, 1.54) is 148 Å². The molecule has 10 unspecified atom stereocenters. The van der Waals surface area contributed by atoms with Gasteiger partial charge in [0.2, 0.25) is 11.8 Å². The number of esters is 4. The molecule has 2 saturated heterocycles. The molecule has 2 aliphatic rings. The zero-order valence-corrected chi connectivity index (χ0v) is 84.9. The van der Waals surface area contributed by atoms with Crippen LogP contribution in [-0.2, 0) is 80.1 Å². The van der Waals surface area contributed by atoms with Gasteiger partial charge in [-0.25, -0.2) is 4.57 Å². The van der Waals surface area contributed by atoms with Crippen LogP contribution in [0.15, 0.2) is 0 Å². The van der Waals surface area contributed by atoms with E-state index in [4.69, 9.17) is 42.2 Å². The molecule has 0 aromatic rings. The molecule has 15 atom stereocenters. The van der Waals surface area contributed by atoms with E-state index in [1.54, 1.807) is 0 Å². The summed E-state index contributed by atoms with van der Waals surface area (Å²) in [6.45, 7) is 12.0. The number of hydrogen-bond acceptors (Lipinski definition) is 21. The quantitative estimate of drug-likeness (QED) is 0.0118. The first-order valence-electron chi connectivity index (χ1n) is 53.5. The molecule has 0 radical (unpaired) electrons. The molecule has 0 aliphatic carbocycles. The average molecular weight is 1890 g/mol. The second-order valence-corrected chi connectivity index (χ2v) is 41.3. The molecule has 2 aliphatic heterocycles. The molecule has 2 amide bonds. The fourth-order valence-electron chi connectivity index (χ4n) is 17.9. The van der Waals surface area contributed by atoms with Crippen LogP contribution in [0.3, 0.4) is 0 Å². The van der Waals surface area contributed by atoms with Gasteiger partial charge in [-0.2, -0.15) is 0 Å². The van der Waals surface area contributed by atoms with E-state index in [-0.39, 0.29) is 32.1 Å². The van der Waals surface area contributed by atoms with Crippen molar-refractivity contribution >= 4 is 51.1 Å². The fraction of sp³-hybridized carbons (Fsp3) is 0.941. The molecule has 0 spiro atoms. The minimum absolute atomic E-state index is 0.0962. The van der Waals surface area contributed by atoms with E-state index in [9.17, 15) is 73.0 Å². The summed E-state index contributed by atoms with van der Waals surface area (Å²) in [5.41, 5.74) is 0. The maximum absolute atomic E-state index is 14.9. The van der Waals surface area contributed by atoms with Crippen molar-refractivity contribution in [1.82, 2.24) is 10.6 Å². The van der Waals surface area contributed by atoms with Gasteiger partial charge in [0.25, 0.3) is 0 Å². The number of phosphoric ester groups is 1. The fourth-order valence-corrected chi connectivity index (χ4v) is 19.0. The molecule has 28 heteroatoms. The standard InChI is InChI=1S/C102H194N2O24P2/c1-8-14-20-26-32-38-40-42-44-46-52-58-64-70-76-92(111)122-86(74-68-62-56-50-37-31-25-19-13-6)80-94(113)126-100-96(103-89(108)77-83(106)71-65-59-53-47-34-28-22-16-10-3)101(123-87(81-105)98(100)127-130(117,118)119)120-82-88-97(114)99(125-93(112)78-84(107)72-66-60-54-48-35-29-23-17-11-4)95(102(124-88)128-129(7,115)116)104-90(109)79-85(73-67-61-55-49-36-30-24-18-12-5)121-91(110)75-69-63-57-51-45-43-41-39-33-27-21-15-9-2/h83-88,95-102,105-107,114H,8-82H2,1-7H3,(H,103,108)(H,104,109)(H,115,116)(H2,117,118,119)/t83?,84?,85?,86?,87?,88?,95?,96?,97-,98-,99-,100-,101-,102?/m1/s1. The number of rotatable bonds is 91. The summed E-state index contributed by atoms with van der Waals surface area (Å²) in [4.78, 5) is 119. The molecule has 0 bridgehead atoms. The highest BCUT2D eigenvalue weighted by Gasteiger charge is 2.55. The van der Waals surface area contributed by atoms with Gasteiger partial charge in [-0.1, -0.05) is 420 Å². The van der Waals surface area contributed by atoms with Gasteiger partial charge in [0, 0.05) is 19.5 Å². The second kappa shape index (κ2) is 81.8. The molecule has 766 valence electrons. The van der Waals surface area contributed by atoms with Crippen LogP contribution in [0.1, 0.15) is 510 Å². The van der Waals surface area contributed by atoms with Crippen LogP contribution in [-0.4, -0.2) is 176 Å². The van der Waals surface area contributed by atoms with Crippen LogP contribution >= 0.6 is 15.4 Å². The van der Waals surface area contributed by atoms with E-state index in [0.717, 1.165) is 225 Å². The number of unbranched alkanes of at least 4 members (excludes halogenated alkanes) is 57. The SMILES string of the molecule is CCCCCCCCCCCCCCCCC(=O)OC(CCCCCCCCCCC)CC(=O)O[C@@H]1C(NC(=O)CC(O)CCCCCCCCCCC)[C@H](OCC2OC(OP(C)(=O)O)C(NC(=O)CC(CCCCCCCCCCC)OC(=O)CCCCCCCCCCCCCCC)[C@@H](OC(=O)CC(O)CCCCCCCCCCC)[C@@H]2O)OC(CO)[C@H]1OP(=O)(O)O. The molecule has 9 N–H and O–H groups in total. The van der Waals surface area contributed by atoms with Crippen molar-refractivity contribution in [2.24, 2.45) is 0 Å². The van der Waals surface area contributed by atoms with Crippen LogP contribution in [0.2, 0.25) is 0 Å². The van der Waals surface area contributed by atoms with Gasteiger partial charge >= 0.3 is 39.3 Å². The molecule has 0 aromatic heterocycles. The van der Waals surface area contributed by atoms with Crippen molar-refractivity contribution in [3.8, 4) is 0 Å². The van der Waals surface area contributed by atoms with Crippen molar-refractivity contribution in [2.45, 2.75) is 596 Å². The van der Waals surface area contributed by atoms with E-state index in [1.807, 2.05) is 0 Å². The zero-order valence-electron chi connectivity index (χ0n) is 83.1. The molecule has 2 rings (SSSR count). The summed E-state index contributed by atoms with van der Waals surface area (Å²) >= 11 is 0. The number of carbonyl (C=O) groups excluding carboxylic acids is 6. The van der Waals surface area contributed by atoms with Crippen LogP contribution in [0, 0.1) is 0 Å². The minimum Gasteiger partial charge on any atom is -0.462 e. The van der Waals surface area contributed by atoms with Crippen molar-refractivity contribution < 1.29 is 115 Å². The Morgan fingerprint density at radius 3 is 0.954 bits per heavy atom. The van der Waals surface area contributed by atoms with Crippen molar-refractivity contribution in [3.63, 3.8) is 0 Å². The van der Waals surface area contributed by atoms with Crippen LogP contribution < -0.4 is 10.6 Å². The molecule has 26 nitrogen and oxygen atoms in total. The Hall–Kier alpha value is -3.20. The maximum Gasteiger partial charge on any atom is 0.470 e. The van der Waals surface area contributed by atoms with Gasteiger partial charge in [0.1, 0.15) is 48.7 Å². The first-order valence-corrected chi connectivity index (χ1v) is 57.0. The van der Waals surface area contributed by atoms with Gasteiger partial charge in [0.15, 0.2) is 24.8 Å². The first kappa shape index (κ1) is 123. The Morgan fingerprint density at radius 2 is 0.615 bits per heavy atom. The van der Waals surface area contributed by atoms with E-state index >= 15 is 0 Å². The van der Waals surface area contributed by atoms with E-state index < -0.39 is 176 Å². The predicted molar refractivity (Wildman–Crippen MR) is 517 cm³/mol. The number of nitrogens with one attached hydrogen (secondary N) is 2. The van der Waals surface area contributed by atoms with Gasteiger partial charge in [-0.05, 0) is 51.4 Å². The van der Waals surface area contributed by atoms with Crippen molar-refractivity contribution in [3.05, 3.63) is 0 Å². The molecule has 130 heavy (non-hydrogen) atoms. The van der Waals surface area contributed by atoms with Gasteiger partial charge in [-0.15, -0.1) is 0 Å². The van der Waals surface area contributed by atoms with Crippen LogP contribution in [0.25, 0.3) is 0 Å². The average Bonchev–Trinajstić information content (AvgIpc) is 0.776. The topological polar surface area (TPSA) is 385 Å². The third-order valence-electron chi connectivity index (χ3n) is 25.7. The third-order valence-corrected chi connectivity index (χ3v) is 26.8. The Labute approximate surface area is 788 Å². The monoisotopic (exact) mass is 1890 g/mol. The summed E-state index contributed by atoms with van der Waals surface area (Å²) in [5, 5.41) is 52.3. The minimum atomic E-state index is -5.64. The Kier molecular flexibility index (Phi) is 77.3. The Bertz CT molecular complexity index is 2840. The number of amides is 2. The van der Waals surface area contributed by atoms with E-state index in [0.29, 0.717) is 44.9 Å². The Balaban J connectivity index is 2.75. The van der Waals surface area contributed by atoms with Gasteiger partial charge in [0.05, 0.1) is 51.1 Å². The summed E-state index contributed by atoms with van der Waals surface area (Å²) in [5.74, 6) is -4.77. The van der Waals surface area contributed by atoms with Crippen molar-refractivity contribution in [2.75, 3.05) is 19.9 Å². The van der Waals surface area contributed by atoms with Crippen LogP contribution in [0.4, 0.5) is 0 Å². The molecule has 0 saturated carbocycles. The highest BCUT2D eigenvalue weighted by atomic mass is 31.2. The number of hydrogen-bond donors (Lipinski definition) is 9. The summed E-state index contributed by atoms with van der Waals surface area (Å²) in [6, 6.07) is -3.66. The summed E-state index contributed by atoms with van der Waals surface area (Å²) in [6.07, 6.45) is 45.4. The third kappa shape index (κ3) is 67.1. The zero-order chi connectivity index (χ0) is 95.4. The lowest BCUT2D eigenvalue weighted by atomic mass is 9.95. The largest absolute Gasteiger partial charge is 0.470 e. The number of aliphatic hydroxyl groups excluding tert-OH is 4. The Morgan fingerprint density at radius 1 is 0.331 bits per heavy atom. The number of carbonyl (C=O) groups is 6. The second-order valence-electron chi connectivity index (χ2n) is 38.3. The van der Waals surface area contributed by atoms with Crippen molar-refractivity contribution in [1.29, 1.82) is 0 Å². The lowest BCUT2D eigenvalue weighted by Crippen LogP contribution is -2.68. The molecule has 0 aromatic carbocycles. The number of ether oxygens (including phenoxy) is 7. The smallest absolute Gasteiger partial charge is 0.462 e. The predicted octanol–water partition coefficient (Wildman–Crippen LogP) is 24.1. The first-order chi connectivity index (χ1) is 62.8. The summed E-state index contributed by atoms with van der Waals surface area (Å²) in [7, 11) is -10.4. The maximum atomic E-state index is 14.9. The normalized spacial score (nSPS) is 20.3.